The lowest BCUT2D eigenvalue weighted by Gasteiger charge is -2.10. The van der Waals surface area contributed by atoms with E-state index in [1.54, 1.807) is 0 Å². The molecule has 0 fully saturated rings. The molecule has 0 saturated carbocycles. The van der Waals surface area contributed by atoms with Crippen molar-refractivity contribution in [2.45, 2.75) is 9.79 Å². The number of sulfonamides is 1. The van der Waals surface area contributed by atoms with Gasteiger partial charge in [-0.05, 0) is 48.5 Å². The summed E-state index contributed by atoms with van der Waals surface area (Å²) in [5.41, 5.74) is 0.136. The first-order valence-corrected chi connectivity index (χ1v) is 8.80. The molecule has 0 aliphatic carbocycles. The lowest BCUT2D eigenvalue weighted by atomic mass is 10.3. The fourth-order valence-electron chi connectivity index (χ4n) is 1.52. The summed E-state index contributed by atoms with van der Waals surface area (Å²) in [7, 11) is -8.38. The molecule has 0 amide bonds. The van der Waals surface area contributed by atoms with E-state index < -0.39 is 25.0 Å². The second-order valence-corrected chi connectivity index (χ2v) is 7.54. The number of anilines is 1. The summed E-state index contributed by atoms with van der Waals surface area (Å²) in [6.45, 7) is 0. The van der Waals surface area contributed by atoms with E-state index in [1.165, 1.54) is 36.4 Å². The molecule has 0 radical (unpaired) electrons. The minimum Gasteiger partial charge on any atom is -0.744 e. The van der Waals surface area contributed by atoms with E-state index in [2.05, 4.69) is 4.72 Å². The summed E-state index contributed by atoms with van der Waals surface area (Å²) in [6.07, 6.45) is 0. The summed E-state index contributed by atoms with van der Waals surface area (Å²) in [6, 6.07) is 9.98. The molecule has 0 spiro atoms. The highest BCUT2D eigenvalue weighted by Crippen LogP contribution is 2.19. The summed E-state index contributed by atoms with van der Waals surface area (Å²) < 4.78 is 58.7. The molecular weight excluding hydrogens is 338 g/mol. The highest BCUT2D eigenvalue weighted by Gasteiger charge is 2.14. The zero-order valence-corrected chi connectivity index (χ0v) is 12.7. The lowest BCUT2D eigenvalue weighted by molar-refractivity contribution is 0.463. The van der Waals surface area contributed by atoms with Crippen molar-refractivity contribution in [1.82, 2.24) is 0 Å². The van der Waals surface area contributed by atoms with Gasteiger partial charge in [0.05, 0.1) is 9.79 Å². The van der Waals surface area contributed by atoms with Crippen molar-refractivity contribution in [2.24, 2.45) is 0 Å². The molecule has 0 unspecified atom stereocenters. The van der Waals surface area contributed by atoms with Gasteiger partial charge in [-0.25, -0.2) is 16.8 Å². The summed E-state index contributed by atoms with van der Waals surface area (Å²) in [5.74, 6) is 0. The average molecular weight is 347 g/mol. The number of benzene rings is 2. The summed E-state index contributed by atoms with van der Waals surface area (Å²) in [5, 5.41) is 0.402. The minimum atomic E-state index is -4.56. The van der Waals surface area contributed by atoms with E-state index >= 15 is 0 Å². The lowest BCUT2D eigenvalue weighted by Crippen LogP contribution is -2.12. The molecule has 0 heterocycles. The molecule has 0 bridgehead atoms. The van der Waals surface area contributed by atoms with Crippen LogP contribution >= 0.6 is 11.6 Å². The molecule has 2 aromatic rings. The topological polar surface area (TPSA) is 103 Å². The Kier molecular flexibility index (Phi) is 4.24. The van der Waals surface area contributed by atoms with Crippen LogP contribution in [0.25, 0.3) is 0 Å². The molecule has 6 nitrogen and oxygen atoms in total. The number of hydrogen-bond donors (Lipinski definition) is 1. The predicted octanol–water partition coefficient (Wildman–Crippen LogP) is 2.04. The molecule has 0 aliphatic heterocycles. The normalized spacial score (nSPS) is 12.1. The van der Waals surface area contributed by atoms with Crippen molar-refractivity contribution in [3.8, 4) is 0 Å². The largest absolute Gasteiger partial charge is 0.744 e. The highest BCUT2D eigenvalue weighted by atomic mass is 35.5. The van der Waals surface area contributed by atoms with Crippen molar-refractivity contribution in [1.29, 1.82) is 0 Å². The van der Waals surface area contributed by atoms with Gasteiger partial charge in [0, 0.05) is 10.7 Å². The molecule has 0 saturated heterocycles. The average Bonchev–Trinajstić information content (AvgIpc) is 2.38. The Morgan fingerprint density at radius 3 is 1.76 bits per heavy atom. The Labute approximate surface area is 127 Å². The third-order valence-corrected chi connectivity index (χ3v) is 5.02. The highest BCUT2D eigenvalue weighted by molar-refractivity contribution is 7.92. The maximum atomic E-state index is 12.1. The molecule has 0 atom stereocenters. The standard InChI is InChI=1S/C12H10ClNO5S2/c13-9-1-5-11(6-2-9)20(15,16)14-10-3-7-12(8-4-10)21(17,18)19/h1-8,14H,(H,17,18,19)/p-1. The van der Waals surface area contributed by atoms with Crippen LogP contribution in [-0.4, -0.2) is 21.4 Å². The molecule has 2 rings (SSSR count). The zero-order chi connectivity index (χ0) is 15.7. The Morgan fingerprint density at radius 1 is 0.810 bits per heavy atom. The number of nitrogens with one attached hydrogen (secondary N) is 1. The first-order valence-electron chi connectivity index (χ1n) is 5.53. The van der Waals surface area contributed by atoms with E-state index in [-0.39, 0.29) is 10.6 Å². The maximum absolute atomic E-state index is 12.1. The molecule has 21 heavy (non-hydrogen) atoms. The Balaban J connectivity index is 2.27. The van der Waals surface area contributed by atoms with Crippen LogP contribution in [0.4, 0.5) is 5.69 Å². The fourth-order valence-corrected chi connectivity index (χ4v) is 3.17. The van der Waals surface area contributed by atoms with E-state index in [1.807, 2.05) is 0 Å². The SMILES string of the molecule is O=S(=O)([O-])c1ccc(NS(=O)(=O)c2ccc(Cl)cc2)cc1. The monoisotopic (exact) mass is 346 g/mol. The maximum Gasteiger partial charge on any atom is 0.261 e. The van der Waals surface area contributed by atoms with Crippen LogP contribution in [0.2, 0.25) is 5.02 Å². The number of hydrogen-bond acceptors (Lipinski definition) is 5. The molecule has 9 heteroatoms. The number of halogens is 1. The van der Waals surface area contributed by atoms with Crippen LogP contribution in [0.3, 0.4) is 0 Å². The van der Waals surface area contributed by atoms with Gasteiger partial charge in [-0.3, -0.25) is 4.72 Å². The van der Waals surface area contributed by atoms with E-state index in [9.17, 15) is 21.4 Å². The molecular formula is C12H9ClNO5S2-. The van der Waals surface area contributed by atoms with Gasteiger partial charge in [0.1, 0.15) is 10.1 Å². The van der Waals surface area contributed by atoms with Gasteiger partial charge in [-0.1, -0.05) is 11.6 Å². The summed E-state index contributed by atoms with van der Waals surface area (Å²) in [4.78, 5) is -0.427. The quantitative estimate of drug-likeness (QED) is 0.853. The molecule has 0 aromatic heterocycles. The second kappa shape index (κ2) is 5.64. The van der Waals surface area contributed by atoms with Crippen LogP contribution in [0, 0.1) is 0 Å². The van der Waals surface area contributed by atoms with Crippen LogP contribution in [0.5, 0.6) is 0 Å². The van der Waals surface area contributed by atoms with E-state index in [0.29, 0.717) is 5.02 Å². The zero-order valence-electron chi connectivity index (χ0n) is 10.4. The Morgan fingerprint density at radius 2 is 1.29 bits per heavy atom. The molecule has 0 aliphatic rings. The van der Waals surface area contributed by atoms with Gasteiger partial charge in [0.2, 0.25) is 0 Å². The van der Waals surface area contributed by atoms with E-state index in [4.69, 9.17) is 11.6 Å². The van der Waals surface area contributed by atoms with Crippen LogP contribution in [0.15, 0.2) is 58.3 Å². The van der Waals surface area contributed by atoms with Crippen LogP contribution in [0.1, 0.15) is 0 Å². The number of rotatable bonds is 4. The Hall–Kier alpha value is -1.61. The van der Waals surface area contributed by atoms with Crippen LogP contribution < -0.4 is 4.72 Å². The molecule has 2 aromatic carbocycles. The fraction of sp³-hybridized carbons (Fsp3) is 0. The predicted molar refractivity (Wildman–Crippen MR) is 76.7 cm³/mol. The van der Waals surface area contributed by atoms with Crippen molar-refractivity contribution >= 4 is 37.4 Å². The van der Waals surface area contributed by atoms with Crippen molar-refractivity contribution < 1.29 is 21.4 Å². The third kappa shape index (κ3) is 3.94. The van der Waals surface area contributed by atoms with Gasteiger partial charge < -0.3 is 4.55 Å². The van der Waals surface area contributed by atoms with Gasteiger partial charge >= 0.3 is 0 Å². The Bertz CT molecular complexity index is 844. The van der Waals surface area contributed by atoms with Gasteiger partial charge in [-0.2, -0.15) is 0 Å². The molecule has 1 N–H and O–H groups in total. The van der Waals surface area contributed by atoms with Crippen LogP contribution in [-0.2, 0) is 20.1 Å². The third-order valence-electron chi connectivity index (χ3n) is 2.52. The van der Waals surface area contributed by atoms with Gasteiger partial charge in [0.15, 0.2) is 0 Å². The summed E-state index contributed by atoms with van der Waals surface area (Å²) >= 11 is 5.68. The van der Waals surface area contributed by atoms with Crippen molar-refractivity contribution in [3.05, 3.63) is 53.6 Å². The smallest absolute Gasteiger partial charge is 0.261 e. The van der Waals surface area contributed by atoms with E-state index in [0.717, 1.165) is 12.1 Å². The molecule has 112 valence electrons. The van der Waals surface area contributed by atoms with Gasteiger partial charge in [0.25, 0.3) is 10.0 Å². The van der Waals surface area contributed by atoms with Crippen molar-refractivity contribution in [3.63, 3.8) is 0 Å². The first kappa shape index (κ1) is 15.8. The first-order chi connectivity index (χ1) is 9.68. The van der Waals surface area contributed by atoms with Gasteiger partial charge in [-0.15, -0.1) is 0 Å². The van der Waals surface area contributed by atoms with Crippen molar-refractivity contribution in [2.75, 3.05) is 4.72 Å². The second-order valence-electron chi connectivity index (χ2n) is 4.04. The minimum absolute atomic E-state index is 0.00687.